The van der Waals surface area contributed by atoms with Crippen LogP contribution in [0, 0.1) is 5.92 Å². The maximum absolute atomic E-state index is 12.5. The molecule has 10 heteroatoms. The van der Waals surface area contributed by atoms with E-state index in [1.54, 1.807) is 0 Å². The van der Waals surface area contributed by atoms with Crippen LogP contribution in [0.5, 0.6) is 0 Å². The van der Waals surface area contributed by atoms with Gasteiger partial charge in [0, 0.05) is 7.05 Å². The zero-order valence-electron chi connectivity index (χ0n) is 8.85. The largest absolute Gasteiger partial charge is 0.402 e. The van der Waals surface area contributed by atoms with Crippen LogP contribution in [0.25, 0.3) is 0 Å². The molecular formula is C8H8BrF6N3. The quantitative estimate of drug-likeness (QED) is 0.842. The molecule has 104 valence electrons. The van der Waals surface area contributed by atoms with Gasteiger partial charge in [0.2, 0.25) is 0 Å². The fourth-order valence-corrected chi connectivity index (χ4v) is 2.16. The number of rotatable bonds is 2. The van der Waals surface area contributed by atoms with E-state index in [0.717, 1.165) is 10.9 Å². The molecule has 0 amide bonds. The molecule has 1 heterocycles. The number of aryl methyl sites for hydroxylation is 1. The summed E-state index contributed by atoms with van der Waals surface area (Å²) in [6, 6.07) is -2.29. The Morgan fingerprint density at radius 1 is 1.22 bits per heavy atom. The van der Waals surface area contributed by atoms with Crippen molar-refractivity contribution in [1.29, 1.82) is 0 Å². The number of alkyl halides is 6. The van der Waals surface area contributed by atoms with Crippen molar-refractivity contribution in [3.05, 3.63) is 16.4 Å². The summed E-state index contributed by atoms with van der Waals surface area (Å²) in [7, 11) is 1.21. The summed E-state index contributed by atoms with van der Waals surface area (Å²) < 4.78 is 75.7. The first kappa shape index (κ1) is 15.3. The van der Waals surface area contributed by atoms with Crippen molar-refractivity contribution in [1.82, 2.24) is 9.78 Å². The molecule has 0 radical (unpaired) electrons. The summed E-state index contributed by atoms with van der Waals surface area (Å²) in [5.74, 6) is -3.64. The van der Waals surface area contributed by atoms with E-state index < -0.39 is 24.3 Å². The fraction of sp³-hybridized carbons (Fsp3) is 0.625. The molecule has 0 aromatic carbocycles. The van der Waals surface area contributed by atoms with Crippen LogP contribution in [-0.4, -0.2) is 22.1 Å². The molecule has 0 saturated carbocycles. The van der Waals surface area contributed by atoms with Gasteiger partial charge in [-0.1, -0.05) is 0 Å². The number of aromatic nitrogens is 2. The van der Waals surface area contributed by atoms with Crippen molar-refractivity contribution in [3.63, 3.8) is 0 Å². The topological polar surface area (TPSA) is 43.8 Å². The molecule has 0 fully saturated rings. The molecule has 0 bridgehead atoms. The molecule has 1 aromatic rings. The van der Waals surface area contributed by atoms with E-state index in [2.05, 4.69) is 21.0 Å². The van der Waals surface area contributed by atoms with Gasteiger partial charge >= 0.3 is 12.4 Å². The van der Waals surface area contributed by atoms with Gasteiger partial charge in [0.25, 0.3) is 0 Å². The molecule has 0 aliphatic rings. The van der Waals surface area contributed by atoms with E-state index >= 15 is 0 Å². The van der Waals surface area contributed by atoms with Gasteiger partial charge in [-0.15, -0.1) is 0 Å². The average Bonchev–Trinajstić information content (AvgIpc) is 2.40. The van der Waals surface area contributed by atoms with Crippen LogP contribution in [0.1, 0.15) is 11.7 Å². The zero-order chi connectivity index (χ0) is 14.3. The minimum atomic E-state index is -5.48. The van der Waals surface area contributed by atoms with E-state index in [9.17, 15) is 26.3 Å². The van der Waals surface area contributed by atoms with E-state index in [1.807, 2.05) is 0 Å². The summed E-state index contributed by atoms with van der Waals surface area (Å²) in [6.07, 6.45) is -9.89. The van der Waals surface area contributed by atoms with E-state index in [4.69, 9.17) is 5.73 Å². The smallest absolute Gasteiger partial charge is 0.322 e. The summed E-state index contributed by atoms with van der Waals surface area (Å²) in [5.41, 5.74) is 4.76. The minimum Gasteiger partial charge on any atom is -0.322 e. The van der Waals surface area contributed by atoms with Crippen molar-refractivity contribution >= 4 is 15.9 Å². The zero-order valence-corrected chi connectivity index (χ0v) is 10.4. The molecule has 0 spiro atoms. The third-order valence-corrected chi connectivity index (χ3v) is 2.93. The van der Waals surface area contributed by atoms with Crippen molar-refractivity contribution in [3.8, 4) is 0 Å². The van der Waals surface area contributed by atoms with Gasteiger partial charge in [0.15, 0.2) is 5.92 Å². The molecule has 3 nitrogen and oxygen atoms in total. The lowest BCUT2D eigenvalue weighted by molar-refractivity contribution is -0.290. The van der Waals surface area contributed by atoms with Gasteiger partial charge in [0.1, 0.15) is 0 Å². The molecule has 1 atom stereocenters. The maximum atomic E-state index is 12.5. The summed E-state index contributed by atoms with van der Waals surface area (Å²) in [4.78, 5) is 0. The van der Waals surface area contributed by atoms with Crippen molar-refractivity contribution in [2.75, 3.05) is 0 Å². The van der Waals surface area contributed by atoms with Crippen LogP contribution < -0.4 is 5.73 Å². The molecule has 18 heavy (non-hydrogen) atoms. The molecule has 1 aromatic heterocycles. The highest BCUT2D eigenvalue weighted by Gasteiger charge is 2.60. The number of hydrogen-bond donors (Lipinski definition) is 1. The first-order chi connectivity index (χ1) is 7.96. The van der Waals surface area contributed by atoms with Crippen LogP contribution in [-0.2, 0) is 7.05 Å². The highest BCUT2D eigenvalue weighted by atomic mass is 79.9. The Morgan fingerprint density at radius 2 is 1.67 bits per heavy atom. The maximum Gasteiger partial charge on any atom is 0.402 e. The standard InChI is InChI=1S/C8H8BrF6N3/c1-18-5(3(9)2-17-18)4(16)6(7(10,11)12)8(13,14)15/h2,4,6H,16H2,1H3. The highest BCUT2D eigenvalue weighted by molar-refractivity contribution is 9.10. The number of nitrogens with two attached hydrogens (primary N) is 1. The second-order valence-electron chi connectivity index (χ2n) is 3.59. The summed E-state index contributed by atoms with van der Waals surface area (Å²) >= 11 is 2.82. The normalized spacial score (nSPS) is 15.2. The predicted octanol–water partition coefficient (Wildman–Crippen LogP) is 2.92. The fourth-order valence-electron chi connectivity index (χ4n) is 1.55. The third-order valence-electron chi connectivity index (χ3n) is 2.32. The third kappa shape index (κ3) is 2.97. The van der Waals surface area contributed by atoms with Gasteiger partial charge < -0.3 is 5.73 Å². The molecule has 1 unspecified atom stereocenters. The van der Waals surface area contributed by atoms with Crippen LogP contribution in [0.15, 0.2) is 10.7 Å². The molecule has 0 aliphatic carbocycles. The van der Waals surface area contributed by atoms with E-state index in [1.165, 1.54) is 7.05 Å². The lowest BCUT2D eigenvalue weighted by Gasteiger charge is -2.28. The first-order valence-electron chi connectivity index (χ1n) is 4.52. The van der Waals surface area contributed by atoms with Crippen molar-refractivity contribution < 1.29 is 26.3 Å². The van der Waals surface area contributed by atoms with E-state index in [-0.39, 0.29) is 10.2 Å². The van der Waals surface area contributed by atoms with Crippen LogP contribution in [0.3, 0.4) is 0 Å². The van der Waals surface area contributed by atoms with Gasteiger partial charge in [-0.3, -0.25) is 4.68 Å². The molecule has 1 rings (SSSR count). The van der Waals surface area contributed by atoms with Gasteiger partial charge in [-0.2, -0.15) is 31.4 Å². The van der Waals surface area contributed by atoms with Gasteiger partial charge in [-0.05, 0) is 15.9 Å². The van der Waals surface area contributed by atoms with Crippen LogP contribution >= 0.6 is 15.9 Å². The Bertz CT molecular complexity index is 390. The number of halogens is 7. The van der Waals surface area contributed by atoms with Crippen molar-refractivity contribution in [2.24, 2.45) is 18.7 Å². The Hall–Kier alpha value is -0.770. The second kappa shape index (κ2) is 4.72. The second-order valence-corrected chi connectivity index (χ2v) is 4.44. The van der Waals surface area contributed by atoms with Crippen LogP contribution in [0.4, 0.5) is 26.3 Å². The minimum absolute atomic E-state index is 0.00370. The Kier molecular flexibility index (Phi) is 4.01. The van der Waals surface area contributed by atoms with Crippen molar-refractivity contribution in [2.45, 2.75) is 18.4 Å². The van der Waals surface area contributed by atoms with E-state index in [0.29, 0.717) is 0 Å². The number of nitrogens with zero attached hydrogens (tertiary/aromatic N) is 2. The van der Waals surface area contributed by atoms with Gasteiger partial charge in [0.05, 0.1) is 22.4 Å². The SMILES string of the molecule is Cn1ncc(Br)c1C(N)C(C(F)(F)F)C(F)(F)F. The first-order valence-corrected chi connectivity index (χ1v) is 5.32. The molecular weight excluding hydrogens is 332 g/mol. The molecule has 2 N–H and O–H groups in total. The summed E-state index contributed by atoms with van der Waals surface area (Å²) in [5, 5.41) is 3.54. The van der Waals surface area contributed by atoms with Gasteiger partial charge in [-0.25, -0.2) is 0 Å². The van der Waals surface area contributed by atoms with Crippen LogP contribution in [0.2, 0.25) is 0 Å². The highest BCUT2D eigenvalue weighted by Crippen LogP contribution is 2.46. The average molecular weight is 340 g/mol. The lowest BCUT2D eigenvalue weighted by Crippen LogP contribution is -2.44. The Morgan fingerprint density at radius 3 is 1.94 bits per heavy atom. The Labute approximate surface area is 106 Å². The molecule has 0 aliphatic heterocycles. The number of hydrogen-bond acceptors (Lipinski definition) is 2. The monoisotopic (exact) mass is 339 g/mol. The summed E-state index contributed by atoms with van der Waals surface area (Å²) in [6.45, 7) is 0. The lowest BCUT2D eigenvalue weighted by atomic mass is 9.96. The Balaban J connectivity index is 3.24. The molecule has 0 saturated heterocycles. The predicted molar refractivity (Wildman–Crippen MR) is 53.4 cm³/mol.